The van der Waals surface area contributed by atoms with Crippen LogP contribution in [-0.2, 0) is 4.79 Å². The van der Waals surface area contributed by atoms with Crippen LogP contribution in [0.4, 0.5) is 10.1 Å². The first kappa shape index (κ1) is 12.0. The number of benzene rings is 1. The Bertz CT molecular complexity index is 491. The lowest BCUT2D eigenvalue weighted by molar-refractivity contribution is -0.121. The van der Waals surface area contributed by atoms with Crippen LogP contribution >= 0.6 is 11.6 Å². The van der Waals surface area contributed by atoms with Crippen molar-refractivity contribution in [1.82, 2.24) is 0 Å². The number of amides is 1. The zero-order valence-electron chi connectivity index (χ0n) is 9.96. The van der Waals surface area contributed by atoms with Gasteiger partial charge in [-0.25, -0.2) is 4.39 Å². The fraction of sp³-hybridized carbons (Fsp3) is 0.500. The van der Waals surface area contributed by atoms with E-state index in [1.807, 2.05) is 0 Å². The molecule has 0 saturated heterocycles. The summed E-state index contributed by atoms with van der Waals surface area (Å²) < 4.78 is 13.6. The molecule has 0 radical (unpaired) electrons. The van der Waals surface area contributed by atoms with Crippen LogP contribution in [0.5, 0.6) is 0 Å². The zero-order valence-corrected chi connectivity index (χ0v) is 10.7. The molecule has 0 heterocycles. The summed E-state index contributed by atoms with van der Waals surface area (Å²) in [5, 5.41) is 3.03. The number of rotatable bonds is 2. The average Bonchev–Trinajstić information content (AvgIpc) is 2.94. The summed E-state index contributed by atoms with van der Waals surface area (Å²) in [4.78, 5) is 12.1. The molecule has 96 valence electrons. The number of carbonyl (C=O) groups is 1. The lowest BCUT2D eigenvalue weighted by atomic mass is 9.88. The Hall–Kier alpha value is -1.09. The van der Waals surface area contributed by atoms with Crippen molar-refractivity contribution in [3.8, 4) is 0 Å². The Kier molecular flexibility index (Phi) is 3.02. The maximum atomic E-state index is 13.6. The fourth-order valence-corrected chi connectivity index (χ4v) is 3.54. The summed E-state index contributed by atoms with van der Waals surface area (Å²) in [5.41, 5.74) is 0.229. The number of fused-ring (bicyclic) bond motifs is 2. The second kappa shape index (κ2) is 4.54. The number of nitrogens with one attached hydrogen (secondary N) is 1. The quantitative estimate of drug-likeness (QED) is 0.866. The van der Waals surface area contributed by atoms with Gasteiger partial charge in [-0.1, -0.05) is 18.0 Å². The van der Waals surface area contributed by atoms with Gasteiger partial charge in [0.05, 0.1) is 5.69 Å². The van der Waals surface area contributed by atoms with E-state index in [-0.39, 0.29) is 17.5 Å². The molecular weight excluding hydrogens is 253 g/mol. The van der Waals surface area contributed by atoms with E-state index in [4.69, 9.17) is 11.6 Å². The maximum Gasteiger partial charge on any atom is 0.227 e. The second-order valence-electron chi connectivity index (χ2n) is 5.39. The van der Waals surface area contributed by atoms with Gasteiger partial charge in [0.1, 0.15) is 5.82 Å². The van der Waals surface area contributed by atoms with Crippen LogP contribution in [-0.4, -0.2) is 5.91 Å². The Balaban J connectivity index is 1.71. The Labute approximate surface area is 111 Å². The molecule has 3 rings (SSSR count). The minimum absolute atomic E-state index is 0.0385. The molecule has 3 atom stereocenters. The van der Waals surface area contributed by atoms with Gasteiger partial charge in [-0.05, 0) is 49.3 Å². The van der Waals surface area contributed by atoms with Crippen LogP contribution in [0.25, 0.3) is 0 Å². The summed E-state index contributed by atoms with van der Waals surface area (Å²) in [5.74, 6) is 0.771. The molecule has 1 aromatic carbocycles. The number of carbonyl (C=O) groups excluding carboxylic acids is 1. The minimum Gasteiger partial charge on any atom is -0.323 e. The predicted molar refractivity (Wildman–Crippen MR) is 69.0 cm³/mol. The molecule has 2 bridgehead atoms. The first-order chi connectivity index (χ1) is 8.63. The highest BCUT2D eigenvalue weighted by Gasteiger charge is 2.43. The molecule has 0 spiro atoms. The molecule has 3 unspecified atom stereocenters. The first-order valence-electron chi connectivity index (χ1n) is 6.39. The third kappa shape index (κ3) is 2.12. The molecule has 18 heavy (non-hydrogen) atoms. The van der Waals surface area contributed by atoms with Crippen molar-refractivity contribution in [2.45, 2.75) is 25.7 Å². The number of hydrogen-bond donors (Lipinski definition) is 1. The number of hydrogen-bond acceptors (Lipinski definition) is 1. The third-order valence-electron chi connectivity index (χ3n) is 4.26. The van der Waals surface area contributed by atoms with Crippen molar-refractivity contribution in [2.75, 3.05) is 5.32 Å². The largest absolute Gasteiger partial charge is 0.323 e. The maximum absolute atomic E-state index is 13.6. The first-order valence-corrected chi connectivity index (χ1v) is 6.77. The summed E-state index contributed by atoms with van der Waals surface area (Å²) in [6, 6.07) is 4.32. The monoisotopic (exact) mass is 267 g/mol. The van der Waals surface area contributed by atoms with Crippen LogP contribution in [0.3, 0.4) is 0 Å². The van der Waals surface area contributed by atoms with Gasteiger partial charge in [0.2, 0.25) is 5.91 Å². The van der Waals surface area contributed by atoms with Gasteiger partial charge in [0.25, 0.3) is 0 Å². The van der Waals surface area contributed by atoms with Crippen molar-refractivity contribution < 1.29 is 9.18 Å². The summed E-state index contributed by atoms with van der Waals surface area (Å²) in [6.07, 6.45) is 4.53. The van der Waals surface area contributed by atoms with Crippen LogP contribution in [0.15, 0.2) is 18.2 Å². The van der Waals surface area contributed by atoms with Crippen molar-refractivity contribution in [1.29, 1.82) is 0 Å². The van der Waals surface area contributed by atoms with Crippen LogP contribution in [0.2, 0.25) is 5.02 Å². The molecule has 0 aromatic heterocycles. The smallest absolute Gasteiger partial charge is 0.227 e. The Morgan fingerprint density at radius 2 is 2.17 bits per heavy atom. The predicted octanol–water partition coefficient (Wildman–Crippen LogP) is 3.85. The molecule has 2 saturated carbocycles. The molecule has 4 heteroatoms. The summed E-state index contributed by atoms with van der Waals surface area (Å²) in [6.45, 7) is 0. The van der Waals surface area contributed by atoms with Crippen molar-refractivity contribution in [2.24, 2.45) is 17.8 Å². The number of halogens is 2. The molecule has 2 fully saturated rings. The van der Waals surface area contributed by atoms with Crippen LogP contribution < -0.4 is 5.32 Å². The highest BCUT2D eigenvalue weighted by Crippen LogP contribution is 2.48. The van der Waals surface area contributed by atoms with E-state index in [0.29, 0.717) is 16.9 Å². The SMILES string of the molecule is O=C(Nc1ccc(Cl)cc1F)C1CC2CCC1C2. The third-order valence-corrected chi connectivity index (χ3v) is 4.50. The topological polar surface area (TPSA) is 29.1 Å². The van der Waals surface area contributed by atoms with E-state index in [1.165, 1.54) is 25.0 Å². The molecule has 2 aliphatic carbocycles. The second-order valence-corrected chi connectivity index (χ2v) is 5.83. The van der Waals surface area contributed by atoms with E-state index in [9.17, 15) is 9.18 Å². The van der Waals surface area contributed by atoms with Crippen molar-refractivity contribution in [3.05, 3.63) is 29.0 Å². The van der Waals surface area contributed by atoms with E-state index >= 15 is 0 Å². The van der Waals surface area contributed by atoms with Gasteiger partial charge in [-0.15, -0.1) is 0 Å². The molecule has 2 nitrogen and oxygen atoms in total. The summed E-state index contributed by atoms with van der Waals surface area (Å²) >= 11 is 5.68. The number of anilines is 1. The molecule has 2 aliphatic rings. The van der Waals surface area contributed by atoms with E-state index in [0.717, 1.165) is 12.8 Å². The fourth-order valence-electron chi connectivity index (χ4n) is 3.38. The lowest BCUT2D eigenvalue weighted by Crippen LogP contribution is -2.27. The zero-order chi connectivity index (χ0) is 12.7. The molecule has 1 aromatic rings. The van der Waals surface area contributed by atoms with E-state index in [1.54, 1.807) is 6.07 Å². The molecular formula is C14H15ClFNO. The molecule has 0 aliphatic heterocycles. The van der Waals surface area contributed by atoms with Gasteiger partial charge >= 0.3 is 0 Å². The normalized spacial score (nSPS) is 29.6. The Morgan fingerprint density at radius 3 is 2.78 bits per heavy atom. The highest BCUT2D eigenvalue weighted by molar-refractivity contribution is 6.30. The van der Waals surface area contributed by atoms with E-state index < -0.39 is 5.82 Å². The standard InChI is InChI=1S/C14H15ClFNO/c15-10-3-4-13(12(16)7-10)17-14(18)11-6-8-1-2-9(11)5-8/h3-4,7-9,11H,1-2,5-6H2,(H,17,18). The van der Waals surface area contributed by atoms with Gasteiger partial charge < -0.3 is 5.32 Å². The minimum atomic E-state index is -0.473. The van der Waals surface area contributed by atoms with Gasteiger partial charge in [-0.3, -0.25) is 4.79 Å². The molecule has 1 amide bonds. The highest BCUT2D eigenvalue weighted by atomic mass is 35.5. The molecule has 1 N–H and O–H groups in total. The van der Waals surface area contributed by atoms with E-state index in [2.05, 4.69) is 5.32 Å². The Morgan fingerprint density at radius 1 is 1.33 bits per heavy atom. The van der Waals surface area contributed by atoms with Gasteiger partial charge in [-0.2, -0.15) is 0 Å². The summed E-state index contributed by atoms with van der Waals surface area (Å²) in [7, 11) is 0. The van der Waals surface area contributed by atoms with Gasteiger partial charge in [0.15, 0.2) is 0 Å². The lowest BCUT2D eigenvalue weighted by Gasteiger charge is -2.20. The van der Waals surface area contributed by atoms with Crippen molar-refractivity contribution in [3.63, 3.8) is 0 Å². The van der Waals surface area contributed by atoms with Crippen molar-refractivity contribution >= 4 is 23.2 Å². The van der Waals surface area contributed by atoms with Crippen LogP contribution in [0, 0.1) is 23.6 Å². The van der Waals surface area contributed by atoms with Crippen LogP contribution in [0.1, 0.15) is 25.7 Å². The average molecular weight is 268 g/mol. The van der Waals surface area contributed by atoms with Gasteiger partial charge in [0, 0.05) is 10.9 Å².